The van der Waals surface area contributed by atoms with Gasteiger partial charge in [-0.2, -0.15) is 9.97 Å². The van der Waals surface area contributed by atoms with Gasteiger partial charge in [0.15, 0.2) is 5.82 Å². The first kappa shape index (κ1) is 25.3. The number of halogens is 2. The highest BCUT2D eigenvalue weighted by Gasteiger charge is 2.49. The van der Waals surface area contributed by atoms with E-state index in [0.29, 0.717) is 36.3 Å². The third-order valence-corrected chi connectivity index (χ3v) is 8.73. The number of nitrogens with zero attached hydrogens (tertiary/aromatic N) is 5. The Balaban J connectivity index is 1.34. The highest BCUT2D eigenvalue weighted by atomic mass is 19.1. The molecule has 0 spiro atoms. The molecule has 5 heterocycles. The molecule has 3 aliphatic heterocycles. The summed E-state index contributed by atoms with van der Waals surface area (Å²) in [6, 6.07) is 10.7. The van der Waals surface area contributed by atoms with E-state index in [9.17, 15) is 9.50 Å². The minimum Gasteiger partial charge on any atom is -0.508 e. The number of pyridine rings is 1. The lowest BCUT2D eigenvalue weighted by Crippen LogP contribution is -2.44. The number of anilines is 1. The third kappa shape index (κ3) is 4.30. The number of phenols is 1. The molecule has 2 aromatic carbocycles. The molecule has 0 amide bonds. The molecule has 3 aliphatic rings. The second kappa shape index (κ2) is 9.78. The van der Waals surface area contributed by atoms with Crippen LogP contribution < -0.4 is 15.4 Å². The molecule has 208 valence electrons. The molecule has 3 N–H and O–H groups in total. The number of aromatic nitrogens is 3. The van der Waals surface area contributed by atoms with E-state index >= 15 is 4.39 Å². The van der Waals surface area contributed by atoms with Crippen LogP contribution in [0.1, 0.15) is 32.1 Å². The summed E-state index contributed by atoms with van der Waals surface area (Å²) in [5.74, 6) is -0.0642. The normalized spacial score (nSPS) is 25.1. The molecular weight excluding hydrogens is 514 g/mol. The second-order valence-corrected chi connectivity index (χ2v) is 11.4. The predicted octanol–water partition coefficient (Wildman–Crippen LogP) is 4.57. The Morgan fingerprint density at radius 3 is 2.85 bits per heavy atom. The smallest absolute Gasteiger partial charge is 0.319 e. The van der Waals surface area contributed by atoms with Crippen molar-refractivity contribution >= 4 is 27.5 Å². The van der Waals surface area contributed by atoms with Gasteiger partial charge in [-0.15, -0.1) is 0 Å². The van der Waals surface area contributed by atoms with E-state index in [1.165, 1.54) is 6.07 Å². The Kier molecular flexibility index (Phi) is 6.20. The molecule has 8 nitrogen and oxygen atoms in total. The minimum absolute atomic E-state index is 0.0211. The molecular formula is C30H32F2N6O2. The number of hydrogen-bond donors (Lipinski definition) is 2. The third-order valence-electron chi connectivity index (χ3n) is 8.73. The maximum absolute atomic E-state index is 16.4. The highest BCUT2D eigenvalue weighted by Crippen LogP contribution is 2.41. The molecule has 4 aromatic rings. The summed E-state index contributed by atoms with van der Waals surface area (Å²) in [6.45, 7) is 2.81. The van der Waals surface area contributed by atoms with Gasteiger partial charge in [0.1, 0.15) is 35.6 Å². The van der Waals surface area contributed by atoms with Crippen LogP contribution in [0.4, 0.5) is 14.6 Å². The van der Waals surface area contributed by atoms with E-state index in [2.05, 4.69) is 14.9 Å². The number of phenolic OH excluding ortho intramolecular Hbond substituents is 1. The lowest BCUT2D eigenvalue weighted by Gasteiger charge is -2.33. The Bertz CT molecular complexity index is 1600. The highest BCUT2D eigenvalue weighted by molar-refractivity contribution is 5.99. The first-order valence-electron chi connectivity index (χ1n) is 14.0. The van der Waals surface area contributed by atoms with E-state index in [1.54, 1.807) is 12.3 Å². The number of alkyl halides is 1. The van der Waals surface area contributed by atoms with Gasteiger partial charge in [-0.25, -0.2) is 8.78 Å². The van der Waals surface area contributed by atoms with Gasteiger partial charge in [0.2, 0.25) is 0 Å². The van der Waals surface area contributed by atoms with Gasteiger partial charge in [-0.1, -0.05) is 24.3 Å². The monoisotopic (exact) mass is 546 g/mol. The molecule has 40 heavy (non-hydrogen) atoms. The van der Waals surface area contributed by atoms with Gasteiger partial charge in [0.05, 0.1) is 10.9 Å². The Labute approximate surface area is 230 Å². The van der Waals surface area contributed by atoms with E-state index < -0.39 is 12.0 Å². The van der Waals surface area contributed by atoms with Crippen LogP contribution in [0.2, 0.25) is 0 Å². The fraction of sp³-hybridized carbons (Fsp3) is 0.433. The Morgan fingerprint density at radius 2 is 1.98 bits per heavy atom. The summed E-state index contributed by atoms with van der Waals surface area (Å²) in [6.07, 6.45) is 4.77. The summed E-state index contributed by atoms with van der Waals surface area (Å²) in [5, 5.41) is 12.4. The van der Waals surface area contributed by atoms with Crippen LogP contribution in [-0.2, 0) is 0 Å². The van der Waals surface area contributed by atoms with Crippen LogP contribution in [0.25, 0.3) is 32.9 Å². The second-order valence-electron chi connectivity index (χ2n) is 11.4. The van der Waals surface area contributed by atoms with Crippen molar-refractivity contribution in [1.82, 2.24) is 19.9 Å². The van der Waals surface area contributed by atoms with Crippen molar-refractivity contribution in [2.45, 2.75) is 49.9 Å². The first-order chi connectivity index (χ1) is 19.4. The van der Waals surface area contributed by atoms with Gasteiger partial charge in [0.25, 0.3) is 0 Å². The molecule has 7 rings (SSSR count). The number of hydrogen-bond acceptors (Lipinski definition) is 8. The van der Waals surface area contributed by atoms with E-state index in [-0.39, 0.29) is 41.2 Å². The maximum atomic E-state index is 16.4. The number of aromatic hydroxyl groups is 1. The maximum Gasteiger partial charge on any atom is 0.319 e. The zero-order chi connectivity index (χ0) is 27.4. The van der Waals surface area contributed by atoms with Crippen molar-refractivity contribution in [2.24, 2.45) is 5.73 Å². The lowest BCUT2D eigenvalue weighted by molar-refractivity contribution is 0.107. The lowest BCUT2D eigenvalue weighted by atomic mass is 9.95. The number of benzene rings is 2. The van der Waals surface area contributed by atoms with Crippen molar-refractivity contribution in [3.8, 4) is 23.0 Å². The van der Waals surface area contributed by atoms with Gasteiger partial charge in [-0.05, 0) is 55.1 Å². The Morgan fingerprint density at radius 1 is 1.10 bits per heavy atom. The standard InChI is InChI=1S/C30H32F2N6O2/c31-19-13-30(8-4-10-38(30)15-19)17-40-29-35-27-24(28(36-29)37-9-3-6-20(33)16-37)14-34-26(25(27)32)23-12-21(39)11-18-5-1-2-7-22(18)23/h1-2,5,7,11-12,14,19-20,39H,3-4,6,8-10,13,15-17,33H2/t19-,20+,30+/m1/s1. The van der Waals surface area contributed by atoms with Crippen LogP contribution in [0.3, 0.4) is 0 Å². The summed E-state index contributed by atoms with van der Waals surface area (Å²) < 4.78 is 37.0. The first-order valence-corrected chi connectivity index (χ1v) is 14.0. The van der Waals surface area contributed by atoms with Crippen molar-refractivity contribution in [2.75, 3.05) is 37.7 Å². The SMILES string of the molecule is N[C@H]1CCCN(c2nc(OC[C@@]34CCCN3C[C@H](F)C4)nc3c(F)c(-c4cc(O)cc5ccccc45)ncc23)C1. The molecule has 3 fully saturated rings. The summed E-state index contributed by atoms with van der Waals surface area (Å²) >= 11 is 0. The fourth-order valence-electron chi connectivity index (χ4n) is 6.86. The summed E-state index contributed by atoms with van der Waals surface area (Å²) in [7, 11) is 0. The quantitative estimate of drug-likeness (QED) is 0.376. The number of piperidine rings is 1. The molecule has 10 heteroatoms. The molecule has 3 atom stereocenters. The van der Waals surface area contributed by atoms with E-state index in [0.717, 1.165) is 49.5 Å². The number of ether oxygens (including phenoxy) is 1. The van der Waals surface area contributed by atoms with Gasteiger partial charge in [-0.3, -0.25) is 9.88 Å². The summed E-state index contributed by atoms with van der Waals surface area (Å²) in [4.78, 5) is 18.0. The van der Waals surface area contributed by atoms with Crippen molar-refractivity contribution in [3.05, 3.63) is 48.4 Å². The van der Waals surface area contributed by atoms with Gasteiger partial charge >= 0.3 is 6.01 Å². The predicted molar refractivity (Wildman–Crippen MR) is 150 cm³/mol. The zero-order valence-corrected chi connectivity index (χ0v) is 22.2. The minimum atomic E-state index is -0.880. The summed E-state index contributed by atoms with van der Waals surface area (Å²) in [5.41, 5.74) is 6.55. The van der Waals surface area contributed by atoms with Crippen LogP contribution in [0, 0.1) is 5.82 Å². The van der Waals surface area contributed by atoms with Crippen molar-refractivity contribution < 1.29 is 18.6 Å². The van der Waals surface area contributed by atoms with Crippen LogP contribution in [0.5, 0.6) is 11.8 Å². The molecule has 3 saturated heterocycles. The molecule has 0 radical (unpaired) electrons. The van der Waals surface area contributed by atoms with Crippen molar-refractivity contribution in [1.29, 1.82) is 0 Å². The van der Waals surface area contributed by atoms with Gasteiger partial charge in [0, 0.05) is 43.9 Å². The van der Waals surface area contributed by atoms with E-state index in [4.69, 9.17) is 15.5 Å². The molecule has 0 saturated carbocycles. The van der Waals surface area contributed by atoms with E-state index in [1.807, 2.05) is 29.2 Å². The molecule has 0 unspecified atom stereocenters. The average Bonchev–Trinajstić information content (AvgIpc) is 3.47. The molecule has 0 bridgehead atoms. The number of fused-ring (bicyclic) bond motifs is 3. The largest absolute Gasteiger partial charge is 0.508 e. The van der Waals surface area contributed by atoms with Crippen molar-refractivity contribution in [3.63, 3.8) is 0 Å². The average molecular weight is 547 g/mol. The molecule has 0 aliphatic carbocycles. The van der Waals surface area contributed by atoms with Crippen LogP contribution >= 0.6 is 0 Å². The van der Waals surface area contributed by atoms with Crippen LogP contribution in [0.15, 0.2) is 42.6 Å². The fourth-order valence-corrected chi connectivity index (χ4v) is 6.86. The Hall–Kier alpha value is -3.63. The zero-order valence-electron chi connectivity index (χ0n) is 22.2. The number of rotatable bonds is 5. The van der Waals surface area contributed by atoms with Gasteiger partial charge < -0.3 is 20.5 Å². The number of nitrogens with two attached hydrogens (primary N) is 1. The topological polar surface area (TPSA) is 101 Å². The van der Waals surface area contributed by atoms with Crippen LogP contribution in [-0.4, -0.2) is 75.5 Å². The molecule has 2 aromatic heterocycles.